The van der Waals surface area contributed by atoms with Crippen LogP contribution in [0.4, 0.5) is 0 Å². The first-order valence-electron chi connectivity index (χ1n) is 7.61. The molecule has 1 aliphatic carbocycles. The van der Waals surface area contributed by atoms with Crippen LogP contribution in [0.1, 0.15) is 82.7 Å². The van der Waals surface area contributed by atoms with E-state index in [4.69, 9.17) is 4.98 Å². The van der Waals surface area contributed by atoms with Crippen LogP contribution in [-0.4, -0.2) is 10.1 Å². The Morgan fingerprint density at radius 2 is 1.95 bits per heavy atom. The normalized spacial score (nSPS) is 18.7. The second-order valence-electron chi connectivity index (χ2n) is 7.08. The van der Waals surface area contributed by atoms with Crippen LogP contribution in [0.15, 0.2) is 18.2 Å². The summed E-state index contributed by atoms with van der Waals surface area (Å²) in [5.74, 6) is 0.620. The third-order valence-corrected chi connectivity index (χ3v) is 4.07. The van der Waals surface area contributed by atoms with E-state index in [0.29, 0.717) is 5.92 Å². The van der Waals surface area contributed by atoms with Crippen molar-refractivity contribution in [3.63, 3.8) is 0 Å². The van der Waals surface area contributed by atoms with Crippen LogP contribution in [0, 0.1) is 5.41 Å². The molecule has 1 aromatic heterocycles. The molecule has 0 aliphatic heterocycles. The third-order valence-electron chi connectivity index (χ3n) is 4.07. The van der Waals surface area contributed by atoms with Gasteiger partial charge in [-0.05, 0) is 43.2 Å². The van der Waals surface area contributed by atoms with Gasteiger partial charge in [0.15, 0.2) is 0 Å². The van der Waals surface area contributed by atoms with E-state index in [1.165, 1.54) is 31.4 Å². The van der Waals surface area contributed by atoms with Crippen molar-refractivity contribution in [1.29, 1.82) is 0 Å². The molecule has 0 bridgehead atoms. The molecule has 0 spiro atoms. The maximum absolute atomic E-state index is 10.3. The Labute approximate surface area is 117 Å². The summed E-state index contributed by atoms with van der Waals surface area (Å²) in [7, 11) is 0. The van der Waals surface area contributed by atoms with E-state index in [9.17, 15) is 5.11 Å². The molecule has 19 heavy (non-hydrogen) atoms. The quantitative estimate of drug-likeness (QED) is 0.859. The molecule has 1 atom stereocenters. The van der Waals surface area contributed by atoms with Gasteiger partial charge in [-0.1, -0.05) is 39.7 Å². The van der Waals surface area contributed by atoms with Crippen LogP contribution in [0.2, 0.25) is 0 Å². The second-order valence-corrected chi connectivity index (χ2v) is 7.08. The van der Waals surface area contributed by atoms with Crippen molar-refractivity contribution in [3.05, 3.63) is 29.6 Å². The topological polar surface area (TPSA) is 33.1 Å². The highest BCUT2D eigenvalue weighted by molar-refractivity contribution is 5.17. The molecule has 1 aliphatic rings. The van der Waals surface area contributed by atoms with Crippen LogP contribution in [0.3, 0.4) is 0 Å². The van der Waals surface area contributed by atoms with Gasteiger partial charge < -0.3 is 5.11 Å². The summed E-state index contributed by atoms with van der Waals surface area (Å²) in [6.07, 6.45) is 6.56. The molecule has 1 aromatic rings. The minimum absolute atomic E-state index is 0.268. The van der Waals surface area contributed by atoms with Crippen molar-refractivity contribution in [1.82, 2.24) is 4.98 Å². The van der Waals surface area contributed by atoms with Crippen molar-refractivity contribution >= 4 is 0 Å². The molecule has 0 unspecified atom stereocenters. The first-order chi connectivity index (χ1) is 8.96. The minimum atomic E-state index is -0.416. The molecule has 106 valence electrons. The molecule has 0 aromatic carbocycles. The van der Waals surface area contributed by atoms with Gasteiger partial charge in [0, 0.05) is 11.6 Å². The summed E-state index contributed by atoms with van der Waals surface area (Å²) in [5, 5.41) is 10.3. The zero-order valence-electron chi connectivity index (χ0n) is 12.5. The van der Waals surface area contributed by atoms with Gasteiger partial charge in [0.05, 0.1) is 11.8 Å². The van der Waals surface area contributed by atoms with Crippen LogP contribution < -0.4 is 0 Å². The highest BCUT2D eigenvalue weighted by Gasteiger charge is 2.20. The summed E-state index contributed by atoms with van der Waals surface area (Å²) in [4.78, 5) is 4.71. The van der Waals surface area contributed by atoms with E-state index in [-0.39, 0.29) is 5.41 Å². The Hall–Kier alpha value is -0.890. The number of aliphatic hydroxyl groups excluding tert-OH is 1. The molecule has 2 heteroatoms. The van der Waals surface area contributed by atoms with Crippen molar-refractivity contribution in [3.8, 4) is 0 Å². The number of aliphatic hydroxyl groups is 1. The van der Waals surface area contributed by atoms with Gasteiger partial charge in [0.25, 0.3) is 0 Å². The molecular formula is C17H27NO. The molecule has 1 N–H and O–H groups in total. The van der Waals surface area contributed by atoms with E-state index in [2.05, 4.69) is 32.9 Å². The Bertz CT molecular complexity index is 402. The van der Waals surface area contributed by atoms with Gasteiger partial charge in [-0.2, -0.15) is 0 Å². The molecule has 0 amide bonds. The number of aromatic nitrogens is 1. The maximum Gasteiger partial charge on any atom is 0.0960 e. The minimum Gasteiger partial charge on any atom is -0.387 e. The number of hydrogen-bond donors (Lipinski definition) is 1. The highest BCUT2D eigenvalue weighted by Crippen LogP contribution is 2.34. The predicted octanol–water partition coefficient (Wildman–Crippen LogP) is 4.60. The molecule has 2 rings (SSSR count). The summed E-state index contributed by atoms with van der Waals surface area (Å²) in [5.41, 5.74) is 2.31. The van der Waals surface area contributed by atoms with E-state index >= 15 is 0 Å². The van der Waals surface area contributed by atoms with Crippen molar-refractivity contribution in [2.45, 2.75) is 71.3 Å². The van der Waals surface area contributed by atoms with Gasteiger partial charge in [-0.25, -0.2) is 0 Å². The SMILES string of the molecule is CC(C)(C)CC[C@H](O)c1cccc(C2CCCC2)n1. The fraction of sp³-hybridized carbons (Fsp3) is 0.706. The lowest BCUT2D eigenvalue weighted by Crippen LogP contribution is -2.10. The molecule has 1 heterocycles. The summed E-state index contributed by atoms with van der Waals surface area (Å²) in [6.45, 7) is 6.63. The van der Waals surface area contributed by atoms with E-state index in [1.807, 2.05) is 6.07 Å². The molecule has 2 nitrogen and oxygen atoms in total. The fourth-order valence-corrected chi connectivity index (χ4v) is 2.82. The maximum atomic E-state index is 10.3. The molecule has 1 fully saturated rings. The van der Waals surface area contributed by atoms with E-state index in [0.717, 1.165) is 18.5 Å². The Morgan fingerprint density at radius 1 is 1.26 bits per heavy atom. The summed E-state index contributed by atoms with van der Waals surface area (Å²) < 4.78 is 0. The zero-order valence-corrected chi connectivity index (χ0v) is 12.5. The van der Waals surface area contributed by atoms with Gasteiger partial charge in [0.1, 0.15) is 0 Å². The average molecular weight is 261 g/mol. The van der Waals surface area contributed by atoms with E-state index < -0.39 is 6.10 Å². The van der Waals surface area contributed by atoms with Gasteiger partial charge in [-0.15, -0.1) is 0 Å². The molecule has 0 saturated heterocycles. The lowest BCUT2D eigenvalue weighted by atomic mass is 9.88. The van der Waals surface area contributed by atoms with Gasteiger partial charge in [-0.3, -0.25) is 4.98 Å². The number of nitrogens with zero attached hydrogens (tertiary/aromatic N) is 1. The van der Waals surface area contributed by atoms with Crippen molar-refractivity contribution in [2.75, 3.05) is 0 Å². The van der Waals surface area contributed by atoms with Crippen LogP contribution >= 0.6 is 0 Å². The largest absolute Gasteiger partial charge is 0.387 e. The van der Waals surface area contributed by atoms with Crippen LogP contribution in [0.25, 0.3) is 0 Å². The molecular weight excluding hydrogens is 234 g/mol. The predicted molar refractivity (Wildman–Crippen MR) is 79.1 cm³/mol. The lowest BCUT2D eigenvalue weighted by molar-refractivity contribution is 0.143. The summed E-state index contributed by atoms with van der Waals surface area (Å²) in [6, 6.07) is 6.14. The fourth-order valence-electron chi connectivity index (χ4n) is 2.82. The monoisotopic (exact) mass is 261 g/mol. The van der Waals surface area contributed by atoms with Crippen molar-refractivity contribution < 1.29 is 5.11 Å². The second kappa shape index (κ2) is 6.04. The van der Waals surface area contributed by atoms with Gasteiger partial charge in [0.2, 0.25) is 0 Å². The molecule has 1 saturated carbocycles. The standard InChI is InChI=1S/C17H27NO/c1-17(2,3)12-11-16(19)15-10-6-9-14(18-15)13-7-4-5-8-13/h6,9-10,13,16,19H,4-5,7-8,11-12H2,1-3H3/t16-/m0/s1. The summed E-state index contributed by atoms with van der Waals surface area (Å²) >= 11 is 0. The van der Waals surface area contributed by atoms with Crippen LogP contribution in [0.5, 0.6) is 0 Å². The first kappa shape index (κ1) is 14.5. The van der Waals surface area contributed by atoms with Crippen LogP contribution in [-0.2, 0) is 0 Å². The zero-order chi connectivity index (χ0) is 13.9. The number of rotatable bonds is 4. The van der Waals surface area contributed by atoms with Gasteiger partial charge >= 0.3 is 0 Å². The van der Waals surface area contributed by atoms with Crippen molar-refractivity contribution in [2.24, 2.45) is 5.41 Å². The van der Waals surface area contributed by atoms with E-state index in [1.54, 1.807) is 0 Å². The average Bonchev–Trinajstić information content (AvgIpc) is 2.89. The Morgan fingerprint density at radius 3 is 2.58 bits per heavy atom. The Balaban J connectivity index is 2.01. The number of pyridine rings is 1. The smallest absolute Gasteiger partial charge is 0.0960 e. The third kappa shape index (κ3) is 4.31. The lowest BCUT2D eigenvalue weighted by Gasteiger charge is -2.20. The first-order valence-corrected chi connectivity index (χ1v) is 7.61. The molecule has 0 radical (unpaired) electrons. The Kier molecular flexibility index (Phi) is 4.62. The highest BCUT2D eigenvalue weighted by atomic mass is 16.3. The number of hydrogen-bond acceptors (Lipinski definition) is 2.